The highest BCUT2D eigenvalue weighted by Gasteiger charge is 2.16. The van der Waals surface area contributed by atoms with Gasteiger partial charge in [0.2, 0.25) is 0 Å². The van der Waals surface area contributed by atoms with E-state index in [-0.39, 0.29) is 0 Å². The molecule has 14 heavy (non-hydrogen) atoms. The summed E-state index contributed by atoms with van der Waals surface area (Å²) >= 11 is 0. The van der Waals surface area contributed by atoms with E-state index in [0.717, 1.165) is 18.5 Å². The molecule has 1 atom stereocenters. The van der Waals surface area contributed by atoms with Crippen LogP contribution in [0.1, 0.15) is 39.5 Å². The summed E-state index contributed by atoms with van der Waals surface area (Å²) in [6, 6.07) is 0.723. The summed E-state index contributed by atoms with van der Waals surface area (Å²) in [6.45, 7) is 8.13. The third-order valence-corrected chi connectivity index (χ3v) is 3.64. The second-order valence-corrected chi connectivity index (χ2v) is 4.74. The van der Waals surface area contributed by atoms with Gasteiger partial charge < -0.3 is 10.2 Å². The van der Waals surface area contributed by atoms with E-state index in [2.05, 4.69) is 31.1 Å². The van der Waals surface area contributed by atoms with Gasteiger partial charge in [-0.25, -0.2) is 0 Å². The maximum Gasteiger partial charge on any atom is 0.0107 e. The molecule has 0 radical (unpaired) electrons. The Morgan fingerprint density at radius 2 is 2.14 bits per heavy atom. The molecule has 0 spiro atoms. The minimum absolute atomic E-state index is 0.723. The van der Waals surface area contributed by atoms with Crippen LogP contribution < -0.4 is 5.32 Å². The normalized spacial score (nSPS) is 19.7. The zero-order valence-corrected chi connectivity index (χ0v) is 10.1. The van der Waals surface area contributed by atoms with Crippen molar-refractivity contribution < 1.29 is 0 Å². The van der Waals surface area contributed by atoms with Crippen molar-refractivity contribution in [2.75, 3.05) is 26.7 Å². The molecule has 84 valence electrons. The quantitative estimate of drug-likeness (QED) is 0.630. The molecule has 1 aliphatic rings. The van der Waals surface area contributed by atoms with Gasteiger partial charge in [0.1, 0.15) is 0 Å². The Bertz CT molecular complexity index is 143. The summed E-state index contributed by atoms with van der Waals surface area (Å²) in [7, 11) is 2.22. The summed E-state index contributed by atoms with van der Waals surface area (Å²) in [6.07, 6.45) is 5.61. The molecule has 0 saturated heterocycles. The first-order valence-electron chi connectivity index (χ1n) is 6.15. The molecule has 1 N–H and O–H groups in total. The second kappa shape index (κ2) is 6.41. The lowest BCUT2D eigenvalue weighted by atomic mass is 9.85. The van der Waals surface area contributed by atoms with Crippen LogP contribution in [0.3, 0.4) is 0 Å². The number of hydrogen-bond donors (Lipinski definition) is 1. The van der Waals surface area contributed by atoms with Gasteiger partial charge in [0.25, 0.3) is 0 Å². The van der Waals surface area contributed by atoms with Gasteiger partial charge in [-0.05, 0) is 45.7 Å². The van der Waals surface area contributed by atoms with E-state index in [9.17, 15) is 0 Å². The number of rotatable bonds is 7. The summed E-state index contributed by atoms with van der Waals surface area (Å²) < 4.78 is 0. The zero-order valence-electron chi connectivity index (χ0n) is 10.1. The van der Waals surface area contributed by atoms with Crippen molar-refractivity contribution in [3.8, 4) is 0 Å². The van der Waals surface area contributed by atoms with Crippen molar-refractivity contribution >= 4 is 0 Å². The van der Waals surface area contributed by atoms with Gasteiger partial charge in [0.05, 0.1) is 0 Å². The van der Waals surface area contributed by atoms with Crippen LogP contribution in [-0.4, -0.2) is 37.6 Å². The molecular formula is C12H26N2. The zero-order chi connectivity index (χ0) is 10.4. The average Bonchev–Trinajstić information content (AvgIpc) is 2.13. The summed E-state index contributed by atoms with van der Waals surface area (Å²) in [5.74, 6) is 0.990. The van der Waals surface area contributed by atoms with Gasteiger partial charge in [-0.15, -0.1) is 0 Å². The Balaban J connectivity index is 1.91. The lowest BCUT2D eigenvalue weighted by Gasteiger charge is -2.27. The first-order valence-corrected chi connectivity index (χ1v) is 6.15. The smallest absolute Gasteiger partial charge is 0.0107 e. The molecule has 0 aromatic heterocycles. The molecule has 1 saturated carbocycles. The van der Waals surface area contributed by atoms with Crippen molar-refractivity contribution in [3.05, 3.63) is 0 Å². The van der Waals surface area contributed by atoms with Crippen LogP contribution in [0.15, 0.2) is 0 Å². The molecule has 0 aromatic carbocycles. The Labute approximate surface area is 89.1 Å². The van der Waals surface area contributed by atoms with Crippen LogP contribution >= 0.6 is 0 Å². The number of hydrogen-bond acceptors (Lipinski definition) is 2. The first-order chi connectivity index (χ1) is 6.74. The lowest BCUT2D eigenvalue weighted by Crippen LogP contribution is -2.37. The Morgan fingerprint density at radius 1 is 1.43 bits per heavy atom. The Kier molecular flexibility index (Phi) is 5.49. The molecule has 0 amide bonds. The molecule has 0 aromatic rings. The monoisotopic (exact) mass is 198 g/mol. The van der Waals surface area contributed by atoms with Crippen molar-refractivity contribution in [1.82, 2.24) is 10.2 Å². The molecule has 1 rings (SSSR count). The molecule has 0 heterocycles. The lowest BCUT2D eigenvalue weighted by molar-refractivity contribution is 0.242. The molecule has 1 fully saturated rings. The maximum atomic E-state index is 3.56. The van der Waals surface area contributed by atoms with E-state index in [1.54, 1.807) is 0 Å². The second-order valence-electron chi connectivity index (χ2n) is 4.74. The van der Waals surface area contributed by atoms with Crippen LogP contribution in [0.25, 0.3) is 0 Å². The molecule has 2 heteroatoms. The van der Waals surface area contributed by atoms with E-state index >= 15 is 0 Å². The Morgan fingerprint density at radius 3 is 2.64 bits per heavy atom. The van der Waals surface area contributed by atoms with Gasteiger partial charge in [-0.3, -0.25) is 0 Å². The molecule has 1 unspecified atom stereocenters. The van der Waals surface area contributed by atoms with E-state index in [1.165, 1.54) is 38.8 Å². The standard InChI is InChI=1S/C12H26N2/c1-4-11(2)14(3)9-8-13-10-12-6-5-7-12/h11-13H,4-10H2,1-3H3. The number of likely N-dealkylation sites (N-methyl/N-ethyl adjacent to an activating group) is 1. The SMILES string of the molecule is CCC(C)N(C)CCNCC1CCC1. The van der Waals surface area contributed by atoms with Gasteiger partial charge in [0.15, 0.2) is 0 Å². The van der Waals surface area contributed by atoms with Gasteiger partial charge in [0, 0.05) is 19.1 Å². The van der Waals surface area contributed by atoms with Crippen LogP contribution in [0, 0.1) is 5.92 Å². The highest BCUT2D eigenvalue weighted by atomic mass is 15.1. The fraction of sp³-hybridized carbons (Fsp3) is 1.00. The predicted molar refractivity (Wildman–Crippen MR) is 62.6 cm³/mol. The number of nitrogens with one attached hydrogen (secondary N) is 1. The van der Waals surface area contributed by atoms with Crippen molar-refractivity contribution in [1.29, 1.82) is 0 Å². The van der Waals surface area contributed by atoms with Crippen molar-refractivity contribution in [3.63, 3.8) is 0 Å². The topological polar surface area (TPSA) is 15.3 Å². The van der Waals surface area contributed by atoms with Gasteiger partial charge in [-0.2, -0.15) is 0 Å². The van der Waals surface area contributed by atoms with Gasteiger partial charge in [-0.1, -0.05) is 13.3 Å². The van der Waals surface area contributed by atoms with E-state index in [4.69, 9.17) is 0 Å². The summed E-state index contributed by atoms with van der Waals surface area (Å²) in [5, 5.41) is 3.56. The summed E-state index contributed by atoms with van der Waals surface area (Å²) in [4.78, 5) is 2.44. The van der Waals surface area contributed by atoms with Crippen LogP contribution in [0.4, 0.5) is 0 Å². The molecule has 0 aliphatic heterocycles. The minimum atomic E-state index is 0.723. The molecule has 1 aliphatic carbocycles. The predicted octanol–water partition coefficient (Wildman–Crippen LogP) is 2.11. The summed E-state index contributed by atoms with van der Waals surface area (Å²) in [5.41, 5.74) is 0. The van der Waals surface area contributed by atoms with E-state index in [1.807, 2.05) is 0 Å². The van der Waals surface area contributed by atoms with E-state index in [0.29, 0.717) is 0 Å². The highest BCUT2D eigenvalue weighted by Crippen LogP contribution is 2.24. The molecule has 0 bridgehead atoms. The fourth-order valence-corrected chi connectivity index (χ4v) is 1.79. The third kappa shape index (κ3) is 3.97. The molecule has 2 nitrogen and oxygen atoms in total. The van der Waals surface area contributed by atoms with Crippen LogP contribution in [-0.2, 0) is 0 Å². The van der Waals surface area contributed by atoms with E-state index < -0.39 is 0 Å². The van der Waals surface area contributed by atoms with Crippen molar-refractivity contribution in [2.45, 2.75) is 45.6 Å². The maximum absolute atomic E-state index is 3.56. The molecular weight excluding hydrogens is 172 g/mol. The van der Waals surface area contributed by atoms with Gasteiger partial charge >= 0.3 is 0 Å². The third-order valence-electron chi connectivity index (χ3n) is 3.64. The Hall–Kier alpha value is -0.0800. The van der Waals surface area contributed by atoms with Crippen LogP contribution in [0.2, 0.25) is 0 Å². The highest BCUT2D eigenvalue weighted by molar-refractivity contribution is 4.72. The largest absolute Gasteiger partial charge is 0.315 e. The van der Waals surface area contributed by atoms with Crippen LogP contribution in [0.5, 0.6) is 0 Å². The minimum Gasteiger partial charge on any atom is -0.315 e. The fourth-order valence-electron chi connectivity index (χ4n) is 1.79. The number of nitrogens with zero attached hydrogens (tertiary/aromatic N) is 1. The van der Waals surface area contributed by atoms with Crippen molar-refractivity contribution in [2.24, 2.45) is 5.92 Å². The first kappa shape index (κ1) is 12.0. The average molecular weight is 198 g/mol.